The molecule has 2 saturated heterocycles. The van der Waals surface area contributed by atoms with Crippen LogP contribution in [0.25, 0.3) is 0 Å². The normalized spacial score (nSPS) is 23.1. The monoisotopic (exact) mass is 387 g/mol. The molecule has 1 aromatic carbocycles. The lowest BCUT2D eigenvalue weighted by atomic mass is 9.83. The van der Waals surface area contributed by atoms with Gasteiger partial charge in [0.2, 0.25) is 5.91 Å². The lowest BCUT2D eigenvalue weighted by Crippen LogP contribution is -2.52. The predicted molar refractivity (Wildman–Crippen MR) is 108 cm³/mol. The summed E-state index contributed by atoms with van der Waals surface area (Å²) in [4.78, 5) is 33.2. The van der Waals surface area contributed by atoms with Crippen molar-refractivity contribution >= 4 is 11.9 Å². The molecule has 0 spiro atoms. The van der Waals surface area contributed by atoms with Crippen molar-refractivity contribution < 1.29 is 14.4 Å². The molecule has 2 bridgehead atoms. The van der Waals surface area contributed by atoms with Crippen molar-refractivity contribution in [1.29, 1.82) is 0 Å². The van der Waals surface area contributed by atoms with Gasteiger partial charge < -0.3 is 10.2 Å². The van der Waals surface area contributed by atoms with E-state index in [9.17, 15) is 9.59 Å². The van der Waals surface area contributed by atoms with E-state index in [2.05, 4.69) is 26.1 Å². The van der Waals surface area contributed by atoms with Crippen LogP contribution in [0.2, 0.25) is 0 Å². The summed E-state index contributed by atoms with van der Waals surface area (Å²) in [6, 6.07) is 9.32. The first-order valence-electron chi connectivity index (χ1n) is 10.4. The Morgan fingerprint density at radius 2 is 2.00 bits per heavy atom. The van der Waals surface area contributed by atoms with Gasteiger partial charge in [0.1, 0.15) is 12.6 Å². The van der Waals surface area contributed by atoms with Gasteiger partial charge in [-0.3, -0.25) is 9.63 Å². The molecular weight excluding hydrogens is 354 g/mol. The summed E-state index contributed by atoms with van der Waals surface area (Å²) < 4.78 is 0. The van der Waals surface area contributed by atoms with Crippen molar-refractivity contribution in [2.75, 3.05) is 6.54 Å². The summed E-state index contributed by atoms with van der Waals surface area (Å²) in [5.74, 6) is -0.0453. The zero-order valence-corrected chi connectivity index (χ0v) is 17.5. The van der Waals surface area contributed by atoms with E-state index in [-0.39, 0.29) is 29.4 Å². The molecule has 1 aromatic rings. The standard InChI is InChI=1S/C22H33N3O3/c1-5-22(3,4)13-16(2)23-20(26)19-12-11-18-14-24(19)21(27)25(18)28-15-17-9-7-6-8-10-17/h6-10,16,18-19H,5,11-15H2,1-4H3,(H,23,26)/t16?,18-,19?/m1/s1. The fraction of sp³-hybridized carbons (Fsp3) is 0.636. The van der Waals surface area contributed by atoms with Crippen molar-refractivity contribution in [2.45, 2.75) is 78.1 Å². The fourth-order valence-electron chi connectivity index (χ4n) is 4.15. The van der Waals surface area contributed by atoms with Gasteiger partial charge in [0.05, 0.1) is 6.04 Å². The Labute approximate surface area is 168 Å². The van der Waals surface area contributed by atoms with Gasteiger partial charge in [-0.1, -0.05) is 57.5 Å². The average molecular weight is 388 g/mol. The van der Waals surface area contributed by atoms with Gasteiger partial charge >= 0.3 is 6.03 Å². The molecule has 28 heavy (non-hydrogen) atoms. The predicted octanol–water partition coefficient (Wildman–Crippen LogP) is 3.72. The molecule has 1 N–H and O–H groups in total. The third-order valence-corrected chi connectivity index (χ3v) is 6.04. The van der Waals surface area contributed by atoms with E-state index in [1.54, 1.807) is 4.90 Å². The van der Waals surface area contributed by atoms with Crippen molar-refractivity contribution in [3.05, 3.63) is 35.9 Å². The van der Waals surface area contributed by atoms with Gasteiger partial charge in [-0.2, -0.15) is 5.06 Å². The van der Waals surface area contributed by atoms with Gasteiger partial charge in [0, 0.05) is 12.6 Å². The number of benzene rings is 1. The Hall–Kier alpha value is -2.08. The first-order chi connectivity index (χ1) is 13.3. The SMILES string of the molecule is CCC(C)(C)CC(C)NC(=O)C1CC[C@@H]2CN1C(=O)N2OCc1ccccc1. The average Bonchev–Trinajstić information content (AvgIpc) is 2.90. The number of hydroxylamine groups is 2. The van der Waals surface area contributed by atoms with Crippen LogP contribution in [0.1, 0.15) is 58.9 Å². The topological polar surface area (TPSA) is 61.9 Å². The minimum absolute atomic E-state index is 0.0247. The molecular formula is C22H33N3O3. The number of nitrogens with one attached hydrogen (secondary N) is 1. The van der Waals surface area contributed by atoms with Gasteiger partial charge in [-0.25, -0.2) is 4.79 Å². The maximum atomic E-state index is 12.8. The number of amides is 3. The van der Waals surface area contributed by atoms with E-state index in [1.807, 2.05) is 37.3 Å². The Morgan fingerprint density at radius 3 is 2.68 bits per heavy atom. The molecule has 3 atom stereocenters. The minimum Gasteiger partial charge on any atom is -0.352 e. The molecule has 154 valence electrons. The molecule has 0 aliphatic carbocycles. The van der Waals surface area contributed by atoms with Crippen molar-refractivity contribution in [3.8, 4) is 0 Å². The van der Waals surface area contributed by atoms with Crippen molar-refractivity contribution in [3.63, 3.8) is 0 Å². The molecule has 2 aliphatic rings. The maximum Gasteiger partial charge on any atom is 0.345 e. The van der Waals surface area contributed by atoms with Gasteiger partial charge in [-0.15, -0.1) is 0 Å². The second kappa shape index (κ2) is 8.52. The van der Waals surface area contributed by atoms with E-state index >= 15 is 0 Å². The molecule has 0 radical (unpaired) electrons. The van der Waals surface area contributed by atoms with Crippen LogP contribution in [-0.4, -0.2) is 46.6 Å². The molecule has 0 aromatic heterocycles. The van der Waals surface area contributed by atoms with E-state index in [0.717, 1.165) is 24.8 Å². The molecule has 3 rings (SSSR count). The van der Waals surface area contributed by atoms with Crippen molar-refractivity contribution in [2.24, 2.45) is 5.41 Å². The Kier molecular flexibility index (Phi) is 6.28. The molecule has 3 amide bonds. The zero-order chi connectivity index (χ0) is 20.3. The summed E-state index contributed by atoms with van der Waals surface area (Å²) in [7, 11) is 0. The highest BCUT2D eigenvalue weighted by molar-refractivity contribution is 5.88. The molecule has 0 saturated carbocycles. The number of carbonyl (C=O) groups excluding carboxylic acids is 2. The fourth-order valence-corrected chi connectivity index (χ4v) is 4.15. The number of carbonyl (C=O) groups is 2. The molecule has 6 heteroatoms. The van der Waals surface area contributed by atoms with Crippen LogP contribution in [0.3, 0.4) is 0 Å². The molecule has 2 heterocycles. The van der Waals surface area contributed by atoms with Crippen LogP contribution in [0.15, 0.2) is 30.3 Å². The second-order valence-electron chi connectivity index (χ2n) is 8.90. The highest BCUT2D eigenvalue weighted by Crippen LogP contribution is 2.31. The largest absolute Gasteiger partial charge is 0.352 e. The number of hydrogen-bond acceptors (Lipinski definition) is 3. The number of piperidine rings is 1. The lowest BCUT2D eigenvalue weighted by Gasteiger charge is -2.32. The van der Waals surface area contributed by atoms with Crippen LogP contribution in [0.4, 0.5) is 4.79 Å². The van der Waals surface area contributed by atoms with Crippen LogP contribution in [0, 0.1) is 5.41 Å². The third-order valence-electron chi connectivity index (χ3n) is 6.04. The summed E-state index contributed by atoms with van der Waals surface area (Å²) in [5.41, 5.74) is 1.21. The van der Waals surface area contributed by atoms with Crippen LogP contribution in [-0.2, 0) is 16.2 Å². The lowest BCUT2D eigenvalue weighted by molar-refractivity contribution is -0.140. The maximum absolute atomic E-state index is 12.8. The Bertz CT molecular complexity index is 692. The second-order valence-corrected chi connectivity index (χ2v) is 8.90. The van der Waals surface area contributed by atoms with Gasteiger partial charge in [0.15, 0.2) is 0 Å². The summed E-state index contributed by atoms with van der Waals surface area (Å²) in [6.45, 7) is 9.56. The Morgan fingerprint density at radius 1 is 1.29 bits per heavy atom. The molecule has 2 unspecified atom stereocenters. The minimum atomic E-state index is -0.402. The van der Waals surface area contributed by atoms with E-state index in [0.29, 0.717) is 19.6 Å². The van der Waals surface area contributed by atoms with Crippen molar-refractivity contribution in [1.82, 2.24) is 15.3 Å². The van der Waals surface area contributed by atoms with E-state index in [4.69, 9.17) is 4.84 Å². The molecule has 2 aliphatic heterocycles. The number of rotatable bonds is 8. The van der Waals surface area contributed by atoms with Crippen LogP contribution < -0.4 is 5.32 Å². The van der Waals surface area contributed by atoms with Gasteiger partial charge in [-0.05, 0) is 37.2 Å². The smallest absolute Gasteiger partial charge is 0.345 e. The number of nitrogens with zero attached hydrogens (tertiary/aromatic N) is 2. The Balaban J connectivity index is 1.56. The first kappa shape index (κ1) is 20.6. The summed E-state index contributed by atoms with van der Waals surface area (Å²) >= 11 is 0. The number of urea groups is 1. The van der Waals surface area contributed by atoms with E-state index in [1.165, 1.54) is 5.06 Å². The van der Waals surface area contributed by atoms with E-state index < -0.39 is 6.04 Å². The van der Waals surface area contributed by atoms with Gasteiger partial charge in [0.25, 0.3) is 0 Å². The number of hydrogen-bond donors (Lipinski definition) is 1. The third kappa shape index (κ3) is 4.66. The van der Waals surface area contributed by atoms with Crippen LogP contribution in [0.5, 0.6) is 0 Å². The summed E-state index contributed by atoms with van der Waals surface area (Å²) in [5, 5.41) is 4.60. The summed E-state index contributed by atoms with van der Waals surface area (Å²) in [6.07, 6.45) is 3.45. The zero-order valence-electron chi connectivity index (χ0n) is 17.5. The highest BCUT2D eigenvalue weighted by atomic mass is 16.7. The highest BCUT2D eigenvalue weighted by Gasteiger charge is 2.48. The first-order valence-corrected chi connectivity index (χ1v) is 10.4. The molecule has 6 nitrogen and oxygen atoms in total. The number of fused-ring (bicyclic) bond motifs is 2. The quantitative estimate of drug-likeness (QED) is 0.739. The van der Waals surface area contributed by atoms with Crippen LogP contribution >= 0.6 is 0 Å². The molecule has 2 fully saturated rings.